The van der Waals surface area contributed by atoms with Crippen molar-refractivity contribution in [3.05, 3.63) is 18.6 Å². The Balaban J connectivity index is 1.84. The Kier molecular flexibility index (Phi) is 1.70. The van der Waals surface area contributed by atoms with Crippen molar-refractivity contribution in [1.82, 2.24) is 14.9 Å². The van der Waals surface area contributed by atoms with Crippen LogP contribution in [0.2, 0.25) is 0 Å². The Morgan fingerprint density at radius 3 is 2.79 bits per heavy atom. The van der Waals surface area contributed by atoms with E-state index in [1.165, 1.54) is 13.0 Å². The lowest BCUT2D eigenvalue weighted by atomic mass is 10.2. The van der Waals surface area contributed by atoms with E-state index in [0.717, 1.165) is 18.4 Å². The molecule has 0 aliphatic carbocycles. The van der Waals surface area contributed by atoms with Gasteiger partial charge >= 0.3 is 0 Å². The number of hydrogen-bond donors (Lipinski definition) is 0. The fourth-order valence-corrected chi connectivity index (χ4v) is 2.59. The van der Waals surface area contributed by atoms with E-state index in [4.69, 9.17) is 0 Å². The summed E-state index contributed by atoms with van der Waals surface area (Å²) in [5.41, 5.74) is 0. The molecule has 0 saturated carbocycles. The van der Waals surface area contributed by atoms with Gasteiger partial charge in [0.15, 0.2) is 0 Å². The average molecular weight is 190 g/mol. The second-order valence-electron chi connectivity index (χ2n) is 4.20. The van der Waals surface area contributed by atoms with Gasteiger partial charge in [-0.1, -0.05) is 0 Å². The van der Waals surface area contributed by atoms with Crippen molar-refractivity contribution >= 4 is 5.82 Å². The zero-order valence-corrected chi connectivity index (χ0v) is 8.30. The molecule has 2 aliphatic rings. The van der Waals surface area contributed by atoms with E-state index < -0.39 is 0 Å². The van der Waals surface area contributed by atoms with Gasteiger partial charge in [0.25, 0.3) is 0 Å². The Labute approximate surface area is 83.6 Å². The van der Waals surface area contributed by atoms with E-state index >= 15 is 0 Å². The first kappa shape index (κ1) is 8.17. The molecular formula is C10H14N4. The molecule has 1 aromatic rings. The van der Waals surface area contributed by atoms with Crippen LogP contribution in [0.1, 0.15) is 6.42 Å². The van der Waals surface area contributed by atoms with E-state index in [1.807, 2.05) is 6.20 Å². The first-order valence-corrected chi connectivity index (χ1v) is 5.07. The highest BCUT2D eigenvalue weighted by Crippen LogP contribution is 2.31. The second kappa shape index (κ2) is 2.92. The molecule has 0 aromatic carbocycles. The highest BCUT2D eigenvalue weighted by molar-refractivity contribution is 5.40. The number of anilines is 1. The topological polar surface area (TPSA) is 32.3 Å². The van der Waals surface area contributed by atoms with Crippen LogP contribution < -0.4 is 4.90 Å². The SMILES string of the molecule is CN1C[C@@H]2C[C@H]1CN2c1cnccn1. The molecule has 0 radical (unpaired) electrons. The summed E-state index contributed by atoms with van der Waals surface area (Å²) in [4.78, 5) is 13.3. The molecule has 2 atom stereocenters. The van der Waals surface area contributed by atoms with Gasteiger partial charge in [-0.3, -0.25) is 9.88 Å². The Morgan fingerprint density at radius 2 is 2.21 bits per heavy atom. The maximum atomic E-state index is 4.35. The van der Waals surface area contributed by atoms with Crippen molar-refractivity contribution in [1.29, 1.82) is 0 Å². The summed E-state index contributed by atoms with van der Waals surface area (Å²) in [6.07, 6.45) is 6.64. The molecule has 0 amide bonds. The Hall–Kier alpha value is -1.16. The lowest BCUT2D eigenvalue weighted by molar-refractivity contribution is 0.292. The van der Waals surface area contributed by atoms with Crippen molar-refractivity contribution in [2.75, 3.05) is 25.0 Å². The van der Waals surface area contributed by atoms with E-state index in [2.05, 4.69) is 26.8 Å². The minimum absolute atomic E-state index is 0.654. The quantitative estimate of drug-likeness (QED) is 0.640. The zero-order valence-electron chi connectivity index (χ0n) is 8.30. The molecule has 2 aliphatic heterocycles. The number of likely N-dealkylation sites (tertiary alicyclic amines) is 1. The number of fused-ring (bicyclic) bond motifs is 2. The van der Waals surface area contributed by atoms with Crippen LogP contribution in [0.5, 0.6) is 0 Å². The summed E-state index contributed by atoms with van der Waals surface area (Å²) in [5, 5.41) is 0. The third kappa shape index (κ3) is 1.10. The molecule has 2 bridgehead atoms. The van der Waals surface area contributed by atoms with E-state index in [1.54, 1.807) is 12.4 Å². The molecule has 14 heavy (non-hydrogen) atoms. The van der Waals surface area contributed by atoms with Gasteiger partial charge in [0.05, 0.1) is 6.20 Å². The summed E-state index contributed by atoms with van der Waals surface area (Å²) >= 11 is 0. The van der Waals surface area contributed by atoms with Crippen molar-refractivity contribution in [2.24, 2.45) is 0 Å². The fraction of sp³-hybridized carbons (Fsp3) is 0.600. The molecule has 2 saturated heterocycles. The van der Waals surface area contributed by atoms with Crippen LogP contribution in [0.4, 0.5) is 5.82 Å². The number of rotatable bonds is 1. The second-order valence-corrected chi connectivity index (χ2v) is 4.20. The monoisotopic (exact) mass is 190 g/mol. The van der Waals surface area contributed by atoms with Crippen molar-refractivity contribution in [3.63, 3.8) is 0 Å². The Morgan fingerprint density at radius 1 is 1.29 bits per heavy atom. The molecule has 4 nitrogen and oxygen atoms in total. The highest BCUT2D eigenvalue weighted by atomic mass is 15.4. The van der Waals surface area contributed by atoms with Crippen molar-refractivity contribution in [2.45, 2.75) is 18.5 Å². The van der Waals surface area contributed by atoms with Gasteiger partial charge in [-0.15, -0.1) is 0 Å². The van der Waals surface area contributed by atoms with E-state index in [9.17, 15) is 0 Å². The van der Waals surface area contributed by atoms with Crippen LogP contribution in [0, 0.1) is 0 Å². The molecule has 4 heteroatoms. The first-order chi connectivity index (χ1) is 6.84. The predicted octanol–water partition coefficient (Wildman–Crippen LogP) is 0.369. The normalized spacial score (nSPS) is 31.4. The van der Waals surface area contributed by atoms with Gasteiger partial charge in [0, 0.05) is 37.6 Å². The van der Waals surface area contributed by atoms with Crippen LogP contribution in [-0.2, 0) is 0 Å². The van der Waals surface area contributed by atoms with Crippen LogP contribution in [-0.4, -0.2) is 47.1 Å². The van der Waals surface area contributed by atoms with Crippen LogP contribution in [0.15, 0.2) is 18.6 Å². The molecule has 1 aromatic heterocycles. The van der Waals surface area contributed by atoms with Gasteiger partial charge in [-0.05, 0) is 13.5 Å². The third-order valence-corrected chi connectivity index (χ3v) is 3.36. The third-order valence-electron chi connectivity index (χ3n) is 3.36. The lowest BCUT2D eigenvalue weighted by Gasteiger charge is -2.32. The molecule has 74 valence electrons. The minimum atomic E-state index is 0.654. The number of likely N-dealkylation sites (N-methyl/N-ethyl adjacent to an activating group) is 1. The first-order valence-electron chi connectivity index (χ1n) is 5.07. The van der Waals surface area contributed by atoms with Crippen LogP contribution >= 0.6 is 0 Å². The number of aromatic nitrogens is 2. The fourth-order valence-electron chi connectivity index (χ4n) is 2.59. The molecule has 0 spiro atoms. The minimum Gasteiger partial charge on any atom is -0.349 e. The van der Waals surface area contributed by atoms with Crippen LogP contribution in [0.25, 0.3) is 0 Å². The molecule has 3 heterocycles. The summed E-state index contributed by atoms with van der Waals surface area (Å²) in [6, 6.07) is 1.38. The number of piperazine rings is 1. The van der Waals surface area contributed by atoms with Gasteiger partial charge < -0.3 is 4.90 Å². The molecule has 0 N–H and O–H groups in total. The molecule has 2 fully saturated rings. The molecular weight excluding hydrogens is 176 g/mol. The van der Waals surface area contributed by atoms with Gasteiger partial charge in [0.2, 0.25) is 0 Å². The van der Waals surface area contributed by atoms with Gasteiger partial charge in [-0.2, -0.15) is 0 Å². The van der Waals surface area contributed by atoms with Gasteiger partial charge in [-0.25, -0.2) is 4.98 Å². The summed E-state index contributed by atoms with van der Waals surface area (Å²) in [6.45, 7) is 2.28. The lowest BCUT2D eigenvalue weighted by Crippen LogP contribution is -2.44. The van der Waals surface area contributed by atoms with Crippen molar-refractivity contribution < 1.29 is 0 Å². The summed E-state index contributed by atoms with van der Waals surface area (Å²) in [7, 11) is 2.21. The highest BCUT2D eigenvalue weighted by Gasteiger charge is 2.41. The predicted molar refractivity (Wildman–Crippen MR) is 54.2 cm³/mol. The smallest absolute Gasteiger partial charge is 0.147 e. The van der Waals surface area contributed by atoms with Gasteiger partial charge in [0.1, 0.15) is 5.82 Å². The number of hydrogen-bond acceptors (Lipinski definition) is 4. The molecule has 0 unspecified atom stereocenters. The zero-order chi connectivity index (χ0) is 9.54. The van der Waals surface area contributed by atoms with E-state index in [0.29, 0.717) is 6.04 Å². The molecule has 3 rings (SSSR count). The maximum absolute atomic E-state index is 4.35. The Bertz CT molecular complexity index is 324. The van der Waals surface area contributed by atoms with Crippen LogP contribution in [0.3, 0.4) is 0 Å². The largest absolute Gasteiger partial charge is 0.349 e. The standard InChI is InChI=1S/C10H14N4/c1-13-6-9-4-8(13)7-14(9)10-5-11-2-3-12-10/h2-3,5,8-9H,4,6-7H2,1H3/t8-,9-/m0/s1. The summed E-state index contributed by atoms with van der Waals surface area (Å²) in [5.74, 6) is 1.04. The van der Waals surface area contributed by atoms with E-state index in [-0.39, 0.29) is 0 Å². The number of nitrogens with zero attached hydrogens (tertiary/aromatic N) is 4. The average Bonchev–Trinajstić information content (AvgIpc) is 2.77. The summed E-state index contributed by atoms with van der Waals surface area (Å²) < 4.78 is 0. The van der Waals surface area contributed by atoms with Crippen molar-refractivity contribution in [3.8, 4) is 0 Å². The maximum Gasteiger partial charge on any atom is 0.147 e.